The van der Waals surface area contributed by atoms with Crippen molar-refractivity contribution < 1.29 is 19.1 Å². The van der Waals surface area contributed by atoms with Gasteiger partial charge in [0.1, 0.15) is 6.04 Å². The van der Waals surface area contributed by atoms with Crippen LogP contribution in [0.1, 0.15) is 44.7 Å². The number of carbonyl (C=O) groups is 2. The van der Waals surface area contributed by atoms with Crippen LogP contribution in [0.2, 0.25) is 5.02 Å². The van der Waals surface area contributed by atoms with Gasteiger partial charge in [0.05, 0.1) is 14.2 Å². The molecule has 0 aliphatic rings. The molecule has 0 heterocycles. The van der Waals surface area contributed by atoms with Gasteiger partial charge in [-0.2, -0.15) is 0 Å². The number of hydrogen-bond acceptors (Lipinski definition) is 4. The number of benzene rings is 2. The summed E-state index contributed by atoms with van der Waals surface area (Å²) in [5.41, 5.74) is 1.77. The van der Waals surface area contributed by atoms with Crippen LogP contribution in [0.4, 0.5) is 0 Å². The van der Waals surface area contributed by atoms with E-state index < -0.39 is 6.04 Å². The average Bonchev–Trinajstić information content (AvgIpc) is 2.81. The highest BCUT2D eigenvalue weighted by Crippen LogP contribution is 2.28. The molecular weight excluding hydrogens is 440 g/mol. The Morgan fingerprint density at radius 2 is 1.76 bits per heavy atom. The Labute approximate surface area is 202 Å². The summed E-state index contributed by atoms with van der Waals surface area (Å²) < 4.78 is 10.7. The van der Waals surface area contributed by atoms with Gasteiger partial charge in [-0.25, -0.2) is 0 Å². The molecule has 0 saturated carbocycles. The van der Waals surface area contributed by atoms with Crippen LogP contribution in [-0.4, -0.2) is 43.5 Å². The van der Waals surface area contributed by atoms with E-state index in [9.17, 15) is 9.59 Å². The van der Waals surface area contributed by atoms with Crippen molar-refractivity contribution in [1.29, 1.82) is 0 Å². The summed E-state index contributed by atoms with van der Waals surface area (Å²) in [5.74, 6) is 1.34. The predicted octanol–water partition coefficient (Wildman–Crippen LogP) is 4.87. The number of carbonyl (C=O) groups excluding carboxylic acids is 2. The molecule has 0 radical (unpaired) electrons. The zero-order valence-corrected chi connectivity index (χ0v) is 20.9. The van der Waals surface area contributed by atoms with Crippen molar-refractivity contribution in [3.63, 3.8) is 0 Å². The fourth-order valence-electron chi connectivity index (χ4n) is 3.58. The lowest BCUT2D eigenvalue weighted by Crippen LogP contribution is -2.49. The van der Waals surface area contributed by atoms with Crippen LogP contribution in [0.15, 0.2) is 42.5 Å². The first-order valence-corrected chi connectivity index (χ1v) is 11.7. The Hall–Kier alpha value is -2.73. The molecule has 0 aliphatic carbocycles. The minimum absolute atomic E-state index is 0.101. The zero-order valence-electron chi connectivity index (χ0n) is 20.2. The van der Waals surface area contributed by atoms with Gasteiger partial charge in [0.15, 0.2) is 11.5 Å². The van der Waals surface area contributed by atoms with Gasteiger partial charge in [0, 0.05) is 24.5 Å². The lowest BCUT2D eigenvalue weighted by Gasteiger charge is -2.31. The largest absolute Gasteiger partial charge is 0.493 e. The molecule has 1 atom stereocenters. The van der Waals surface area contributed by atoms with Crippen LogP contribution in [0.3, 0.4) is 0 Å². The van der Waals surface area contributed by atoms with Crippen LogP contribution in [-0.2, 0) is 22.6 Å². The normalized spacial score (nSPS) is 11.7. The van der Waals surface area contributed by atoms with Gasteiger partial charge in [0.25, 0.3) is 0 Å². The Balaban J connectivity index is 2.23. The molecule has 0 saturated heterocycles. The van der Waals surface area contributed by atoms with Gasteiger partial charge < -0.3 is 19.7 Å². The molecule has 33 heavy (non-hydrogen) atoms. The van der Waals surface area contributed by atoms with E-state index in [2.05, 4.69) is 5.32 Å². The summed E-state index contributed by atoms with van der Waals surface area (Å²) in [6.07, 6.45) is 1.28. The van der Waals surface area contributed by atoms with Gasteiger partial charge in [-0.05, 0) is 48.1 Å². The second-order valence-electron chi connectivity index (χ2n) is 8.37. The summed E-state index contributed by atoms with van der Waals surface area (Å²) in [6, 6.07) is 12.5. The lowest BCUT2D eigenvalue weighted by molar-refractivity contribution is -0.141. The first-order valence-electron chi connectivity index (χ1n) is 11.3. The van der Waals surface area contributed by atoms with E-state index >= 15 is 0 Å². The van der Waals surface area contributed by atoms with Crippen molar-refractivity contribution >= 4 is 23.4 Å². The molecule has 180 valence electrons. The molecule has 2 rings (SSSR count). The Morgan fingerprint density at radius 1 is 1.06 bits per heavy atom. The van der Waals surface area contributed by atoms with Crippen LogP contribution in [0.5, 0.6) is 11.5 Å². The zero-order chi connectivity index (χ0) is 24.4. The molecule has 0 aliphatic heterocycles. The summed E-state index contributed by atoms with van der Waals surface area (Å²) in [6.45, 7) is 6.84. The SMILES string of the molecule is CCC(C(=O)NCC(C)C)N(Cc1ccccc1Cl)C(=O)CCc1ccc(OC)c(OC)c1. The third-order valence-electron chi connectivity index (χ3n) is 5.44. The highest BCUT2D eigenvalue weighted by molar-refractivity contribution is 6.31. The van der Waals surface area contributed by atoms with Gasteiger partial charge in [-0.3, -0.25) is 9.59 Å². The number of nitrogens with one attached hydrogen (secondary N) is 1. The minimum atomic E-state index is -0.571. The van der Waals surface area contributed by atoms with Crippen molar-refractivity contribution in [2.75, 3.05) is 20.8 Å². The molecule has 1 unspecified atom stereocenters. The third kappa shape index (κ3) is 7.67. The van der Waals surface area contributed by atoms with Crippen molar-refractivity contribution in [2.45, 2.75) is 52.6 Å². The number of ether oxygens (including phenoxy) is 2. The van der Waals surface area contributed by atoms with Gasteiger partial charge in [0.2, 0.25) is 11.8 Å². The van der Waals surface area contributed by atoms with Crippen LogP contribution in [0.25, 0.3) is 0 Å². The van der Waals surface area contributed by atoms with E-state index in [1.165, 1.54) is 0 Å². The number of hydrogen-bond donors (Lipinski definition) is 1. The van der Waals surface area contributed by atoms with Crippen LogP contribution < -0.4 is 14.8 Å². The highest BCUT2D eigenvalue weighted by Gasteiger charge is 2.29. The maximum Gasteiger partial charge on any atom is 0.242 e. The molecule has 1 N–H and O–H groups in total. The summed E-state index contributed by atoms with van der Waals surface area (Å²) >= 11 is 6.37. The average molecular weight is 475 g/mol. The molecule has 7 heteroatoms. The number of nitrogens with zero attached hydrogens (tertiary/aromatic N) is 1. The quantitative estimate of drug-likeness (QED) is 0.476. The molecule has 0 bridgehead atoms. The van der Waals surface area contributed by atoms with Crippen LogP contribution in [0, 0.1) is 5.92 Å². The third-order valence-corrected chi connectivity index (χ3v) is 5.81. The van der Waals surface area contributed by atoms with Crippen molar-refractivity contribution in [2.24, 2.45) is 5.92 Å². The molecule has 2 amide bonds. The van der Waals surface area contributed by atoms with E-state index in [1.807, 2.05) is 57.2 Å². The molecule has 2 aromatic carbocycles. The minimum Gasteiger partial charge on any atom is -0.493 e. The second-order valence-corrected chi connectivity index (χ2v) is 8.77. The molecular formula is C26H35ClN2O4. The van der Waals surface area contributed by atoms with E-state index in [1.54, 1.807) is 25.2 Å². The summed E-state index contributed by atoms with van der Waals surface area (Å²) in [4.78, 5) is 28.0. The maximum atomic E-state index is 13.4. The number of aryl methyl sites for hydroxylation is 1. The monoisotopic (exact) mass is 474 g/mol. The van der Waals surface area contributed by atoms with Crippen molar-refractivity contribution in [3.8, 4) is 11.5 Å². The topological polar surface area (TPSA) is 67.9 Å². The summed E-state index contributed by atoms with van der Waals surface area (Å²) in [7, 11) is 3.17. The molecule has 0 aromatic heterocycles. The lowest BCUT2D eigenvalue weighted by atomic mass is 10.1. The Bertz CT molecular complexity index is 932. The van der Waals surface area contributed by atoms with Crippen molar-refractivity contribution in [1.82, 2.24) is 10.2 Å². The van der Waals surface area contributed by atoms with Crippen LogP contribution >= 0.6 is 11.6 Å². The molecule has 0 fully saturated rings. The fourth-order valence-corrected chi connectivity index (χ4v) is 3.78. The smallest absolute Gasteiger partial charge is 0.242 e. The first kappa shape index (κ1) is 26.5. The number of halogens is 1. The highest BCUT2D eigenvalue weighted by atomic mass is 35.5. The first-order chi connectivity index (χ1) is 15.8. The Kier molecular flexibility index (Phi) is 10.5. The van der Waals surface area contributed by atoms with E-state index in [0.717, 1.165) is 11.1 Å². The molecule has 2 aromatic rings. The fraction of sp³-hybridized carbons (Fsp3) is 0.462. The maximum absolute atomic E-state index is 13.4. The number of methoxy groups -OCH3 is 2. The van der Waals surface area contributed by atoms with E-state index in [4.69, 9.17) is 21.1 Å². The van der Waals surface area contributed by atoms with Gasteiger partial charge in [-0.1, -0.05) is 56.6 Å². The number of amides is 2. The second kappa shape index (κ2) is 13.1. The van der Waals surface area contributed by atoms with Gasteiger partial charge in [-0.15, -0.1) is 0 Å². The van der Waals surface area contributed by atoms with E-state index in [-0.39, 0.29) is 24.8 Å². The molecule has 6 nitrogen and oxygen atoms in total. The van der Waals surface area contributed by atoms with Crippen molar-refractivity contribution in [3.05, 3.63) is 58.6 Å². The number of rotatable bonds is 12. The molecule has 0 spiro atoms. The Morgan fingerprint density at radius 3 is 2.36 bits per heavy atom. The van der Waals surface area contributed by atoms with Gasteiger partial charge >= 0.3 is 0 Å². The standard InChI is InChI=1S/C26H35ClN2O4/c1-6-22(26(31)28-16-18(2)3)29(17-20-9-7-8-10-21(20)27)25(30)14-12-19-11-13-23(32-4)24(15-19)33-5/h7-11,13,15,18,22H,6,12,14,16-17H2,1-5H3,(H,28,31). The van der Waals surface area contributed by atoms with E-state index in [0.29, 0.717) is 41.8 Å². The summed E-state index contributed by atoms with van der Waals surface area (Å²) in [5, 5.41) is 3.55. The predicted molar refractivity (Wildman–Crippen MR) is 132 cm³/mol.